The van der Waals surface area contributed by atoms with Gasteiger partial charge in [0.1, 0.15) is 11.9 Å². The van der Waals surface area contributed by atoms with Crippen LogP contribution in [0.2, 0.25) is 0 Å². The van der Waals surface area contributed by atoms with Gasteiger partial charge in [-0.3, -0.25) is 9.59 Å². The number of carbonyl (C=O) groups excluding carboxylic acids is 2. The van der Waals surface area contributed by atoms with Gasteiger partial charge in [0.05, 0.1) is 0 Å². The van der Waals surface area contributed by atoms with Crippen LogP contribution in [0.1, 0.15) is 113 Å². The lowest BCUT2D eigenvalue weighted by molar-refractivity contribution is -0.249. The summed E-state index contributed by atoms with van der Waals surface area (Å²) in [5, 5.41) is 10.9. The molecule has 0 aromatic heterocycles. The normalized spacial score (nSPS) is 57.1. The summed E-state index contributed by atoms with van der Waals surface area (Å²) in [7, 11) is 0. The predicted molar refractivity (Wildman–Crippen MR) is 127 cm³/mol. The Morgan fingerprint density at radius 2 is 1.34 bits per heavy atom. The van der Waals surface area contributed by atoms with Gasteiger partial charge in [0.15, 0.2) is 5.78 Å². The monoisotopic (exact) mass is 442 g/mol. The minimum Gasteiger partial charge on any atom is -0.385 e. The highest BCUT2D eigenvalue weighted by atomic mass is 16.3. The number of fused-ring (bicyclic) bond motifs is 7. The summed E-state index contributed by atoms with van der Waals surface area (Å²) >= 11 is 0. The molecule has 5 saturated carbocycles. The van der Waals surface area contributed by atoms with Crippen LogP contribution in [0, 0.1) is 50.2 Å². The first kappa shape index (κ1) is 23.1. The van der Waals surface area contributed by atoms with E-state index in [9.17, 15) is 14.7 Å². The molecule has 0 heterocycles. The van der Waals surface area contributed by atoms with Crippen molar-refractivity contribution in [2.75, 3.05) is 0 Å². The van der Waals surface area contributed by atoms with E-state index in [4.69, 9.17) is 0 Å². The van der Waals surface area contributed by atoms with Gasteiger partial charge in [0, 0.05) is 24.2 Å². The van der Waals surface area contributed by atoms with E-state index < -0.39 is 11.5 Å². The molecule has 0 aromatic rings. The second-order valence-corrected chi connectivity index (χ2v) is 15.0. The molecular weight excluding hydrogens is 396 g/mol. The summed E-state index contributed by atoms with van der Waals surface area (Å²) < 4.78 is 0. The molecule has 0 radical (unpaired) electrons. The minimum atomic E-state index is -0.974. The van der Waals surface area contributed by atoms with Crippen molar-refractivity contribution in [2.45, 2.75) is 119 Å². The molecule has 5 aliphatic rings. The number of Topliss-reactive ketones (excluding diaryl/α,β-unsaturated/α-hetero) is 2. The van der Waals surface area contributed by atoms with Crippen LogP contribution in [0.5, 0.6) is 0 Å². The fourth-order valence-electron chi connectivity index (χ4n) is 10.7. The third-order valence-electron chi connectivity index (χ3n) is 12.8. The lowest BCUT2D eigenvalue weighted by Crippen LogP contribution is -2.70. The standard InChI is InChI=1S/C29H46O3/c1-24(2)10-11-25(3)12-14-29(7)22-19(31)16-27(5)20(9-8-18(30)23(27)32)26(22,4)13-15-28(29,6)21(25)17-24/h20-23,32H,8-17H2,1-7H3/t20-,21+,22-,23-,25+,26-,27-,28-,29+/m0/s1. The zero-order valence-electron chi connectivity index (χ0n) is 21.6. The molecule has 5 rings (SSSR count). The molecule has 0 unspecified atom stereocenters. The number of rotatable bonds is 0. The second kappa shape index (κ2) is 6.49. The maximum absolute atomic E-state index is 14.1. The minimum absolute atomic E-state index is 0.00240. The van der Waals surface area contributed by atoms with Crippen LogP contribution in [0.4, 0.5) is 0 Å². The Bertz CT molecular complexity index is 860. The lowest BCUT2D eigenvalue weighted by atomic mass is 9.30. The van der Waals surface area contributed by atoms with Gasteiger partial charge in [-0.25, -0.2) is 0 Å². The smallest absolute Gasteiger partial charge is 0.161 e. The molecule has 32 heavy (non-hydrogen) atoms. The molecule has 0 aliphatic heterocycles. The number of ketones is 2. The van der Waals surface area contributed by atoms with Crippen LogP contribution in [-0.2, 0) is 9.59 Å². The molecule has 9 atom stereocenters. The average Bonchev–Trinajstić information content (AvgIpc) is 2.69. The summed E-state index contributed by atoms with van der Waals surface area (Å²) in [6.07, 6.45) is 9.26. The van der Waals surface area contributed by atoms with Gasteiger partial charge in [0.25, 0.3) is 0 Å². The maximum Gasteiger partial charge on any atom is 0.161 e. The second-order valence-electron chi connectivity index (χ2n) is 15.0. The molecular formula is C29H46O3. The molecule has 0 aromatic carbocycles. The molecule has 0 amide bonds. The highest BCUT2D eigenvalue weighted by molar-refractivity contribution is 5.89. The van der Waals surface area contributed by atoms with Crippen LogP contribution in [-0.4, -0.2) is 22.8 Å². The number of aliphatic hydroxyl groups excluding tert-OH is 1. The highest BCUT2D eigenvalue weighted by Crippen LogP contribution is 2.77. The van der Waals surface area contributed by atoms with Gasteiger partial charge in [-0.2, -0.15) is 0 Å². The molecule has 1 N–H and O–H groups in total. The van der Waals surface area contributed by atoms with Gasteiger partial charge in [0.2, 0.25) is 0 Å². The Kier molecular flexibility index (Phi) is 4.68. The molecule has 3 heteroatoms. The van der Waals surface area contributed by atoms with Gasteiger partial charge in [-0.1, -0.05) is 48.5 Å². The molecule has 180 valence electrons. The average molecular weight is 443 g/mol. The van der Waals surface area contributed by atoms with Gasteiger partial charge in [-0.15, -0.1) is 0 Å². The van der Waals surface area contributed by atoms with Crippen LogP contribution in [0.25, 0.3) is 0 Å². The van der Waals surface area contributed by atoms with Crippen molar-refractivity contribution in [2.24, 2.45) is 50.2 Å². The number of carbonyl (C=O) groups is 2. The Hall–Kier alpha value is -0.700. The fourth-order valence-corrected chi connectivity index (χ4v) is 10.7. The van der Waals surface area contributed by atoms with Crippen LogP contribution >= 0.6 is 0 Å². The van der Waals surface area contributed by atoms with Crippen molar-refractivity contribution in [3.63, 3.8) is 0 Å². The van der Waals surface area contributed by atoms with E-state index in [0.717, 1.165) is 19.3 Å². The zero-order valence-corrected chi connectivity index (χ0v) is 21.6. The fraction of sp³-hybridized carbons (Fsp3) is 0.931. The van der Waals surface area contributed by atoms with Crippen molar-refractivity contribution < 1.29 is 14.7 Å². The SMILES string of the molecule is CC1(C)CC[C@]2(C)CC[C@]3(C)[C@H]4C(=O)C[C@@]5(C)[C@@H](CCC(=O)[C@@H]5O)[C@]4(C)CC[C@@]3(C)[C@@H]2C1. The van der Waals surface area contributed by atoms with E-state index in [1.165, 1.54) is 32.1 Å². The first-order valence-electron chi connectivity index (χ1n) is 13.4. The van der Waals surface area contributed by atoms with Crippen molar-refractivity contribution in [1.82, 2.24) is 0 Å². The van der Waals surface area contributed by atoms with E-state index in [2.05, 4.69) is 41.5 Å². The van der Waals surface area contributed by atoms with E-state index in [-0.39, 0.29) is 33.9 Å². The van der Waals surface area contributed by atoms with E-state index in [0.29, 0.717) is 35.4 Å². The number of hydrogen-bond acceptors (Lipinski definition) is 3. The van der Waals surface area contributed by atoms with Crippen LogP contribution < -0.4 is 0 Å². The summed E-state index contributed by atoms with van der Waals surface area (Å²) in [5.41, 5.74) is 0.263. The lowest BCUT2D eigenvalue weighted by Gasteiger charge is -2.73. The van der Waals surface area contributed by atoms with Gasteiger partial charge >= 0.3 is 0 Å². The summed E-state index contributed by atoms with van der Waals surface area (Å²) in [5.74, 6) is 1.27. The largest absolute Gasteiger partial charge is 0.385 e. The maximum atomic E-state index is 14.1. The van der Waals surface area contributed by atoms with Crippen molar-refractivity contribution in [1.29, 1.82) is 0 Å². The molecule has 0 spiro atoms. The van der Waals surface area contributed by atoms with Crippen molar-refractivity contribution >= 4 is 11.6 Å². The molecule has 5 fully saturated rings. The Morgan fingerprint density at radius 1 is 0.719 bits per heavy atom. The molecule has 0 saturated heterocycles. The summed E-state index contributed by atoms with van der Waals surface area (Å²) in [6.45, 7) is 16.9. The highest BCUT2D eigenvalue weighted by Gasteiger charge is 2.73. The van der Waals surface area contributed by atoms with E-state index >= 15 is 0 Å². The zero-order chi connectivity index (χ0) is 23.5. The quantitative estimate of drug-likeness (QED) is 0.475. The van der Waals surface area contributed by atoms with Crippen LogP contribution in [0.15, 0.2) is 0 Å². The van der Waals surface area contributed by atoms with Crippen molar-refractivity contribution in [3.05, 3.63) is 0 Å². The summed E-state index contributed by atoms with van der Waals surface area (Å²) in [4.78, 5) is 26.6. The van der Waals surface area contributed by atoms with E-state index in [1.807, 2.05) is 6.92 Å². The first-order chi connectivity index (χ1) is 14.6. The number of hydrogen-bond donors (Lipinski definition) is 1. The Labute approximate surface area is 195 Å². The van der Waals surface area contributed by atoms with E-state index in [1.54, 1.807) is 0 Å². The first-order valence-corrected chi connectivity index (χ1v) is 13.4. The third kappa shape index (κ3) is 2.64. The molecule has 0 bridgehead atoms. The predicted octanol–water partition coefficient (Wildman–Crippen LogP) is 6.36. The third-order valence-corrected chi connectivity index (χ3v) is 12.8. The topological polar surface area (TPSA) is 54.4 Å². The number of aliphatic hydroxyl groups is 1. The van der Waals surface area contributed by atoms with Gasteiger partial charge < -0.3 is 5.11 Å². The summed E-state index contributed by atoms with van der Waals surface area (Å²) in [6, 6.07) is 0. The van der Waals surface area contributed by atoms with Crippen molar-refractivity contribution in [3.8, 4) is 0 Å². The van der Waals surface area contributed by atoms with Gasteiger partial charge in [-0.05, 0) is 90.3 Å². The molecule has 5 aliphatic carbocycles. The Morgan fingerprint density at radius 3 is 2.03 bits per heavy atom. The van der Waals surface area contributed by atoms with Crippen LogP contribution in [0.3, 0.4) is 0 Å². The Balaban J connectivity index is 1.59. The molecule has 3 nitrogen and oxygen atoms in total.